The number of likely N-dealkylation sites (tertiary alicyclic amines) is 1. The van der Waals surface area contributed by atoms with E-state index < -0.39 is 0 Å². The van der Waals surface area contributed by atoms with E-state index in [1.54, 1.807) is 0 Å². The van der Waals surface area contributed by atoms with Gasteiger partial charge in [-0.05, 0) is 67.1 Å². The second kappa shape index (κ2) is 5.41. The summed E-state index contributed by atoms with van der Waals surface area (Å²) in [7, 11) is 0. The molecule has 136 valence electrons. The van der Waals surface area contributed by atoms with Crippen LogP contribution in [0.3, 0.4) is 0 Å². The van der Waals surface area contributed by atoms with Crippen molar-refractivity contribution in [1.82, 2.24) is 4.90 Å². The molecule has 1 spiro atoms. The quantitative estimate of drug-likeness (QED) is 0.847. The topological polar surface area (TPSA) is 66.5 Å². The highest BCUT2D eigenvalue weighted by atomic mass is 16.2. The lowest BCUT2D eigenvalue weighted by atomic mass is 9.81. The van der Waals surface area contributed by atoms with Gasteiger partial charge in [-0.15, -0.1) is 0 Å². The van der Waals surface area contributed by atoms with Crippen molar-refractivity contribution in [1.29, 1.82) is 0 Å². The lowest BCUT2D eigenvalue weighted by molar-refractivity contribution is -0.143. The summed E-state index contributed by atoms with van der Waals surface area (Å²) in [5.41, 5.74) is 2.20. The summed E-state index contributed by atoms with van der Waals surface area (Å²) in [6.45, 7) is 1.92. The minimum absolute atomic E-state index is 0.102. The molecule has 4 unspecified atom stereocenters. The van der Waals surface area contributed by atoms with Gasteiger partial charge in [-0.25, -0.2) is 0 Å². The minimum Gasteiger partial charge on any atom is -0.325 e. The molecule has 5 heteroatoms. The molecule has 3 aliphatic carbocycles. The molecule has 2 bridgehead atoms. The zero-order chi connectivity index (χ0) is 18.1. The maximum Gasteiger partial charge on any atom is 0.244 e. The molecule has 26 heavy (non-hydrogen) atoms. The van der Waals surface area contributed by atoms with E-state index in [0.717, 1.165) is 19.3 Å². The average molecular weight is 352 g/mol. The molecule has 1 aliphatic heterocycles. The number of benzene rings is 1. The number of carbonyl (C=O) groups is 3. The van der Waals surface area contributed by atoms with Crippen molar-refractivity contribution in [3.05, 3.63) is 29.8 Å². The maximum atomic E-state index is 12.9. The summed E-state index contributed by atoms with van der Waals surface area (Å²) in [4.78, 5) is 39.4. The molecule has 1 N–H and O–H groups in total. The summed E-state index contributed by atoms with van der Waals surface area (Å²) in [6, 6.07) is 7.66. The van der Waals surface area contributed by atoms with Gasteiger partial charge in [0.25, 0.3) is 0 Å². The highest BCUT2D eigenvalue weighted by molar-refractivity contribution is 6.09. The van der Waals surface area contributed by atoms with Crippen LogP contribution in [-0.4, -0.2) is 29.2 Å². The van der Waals surface area contributed by atoms with Crippen LogP contribution < -0.4 is 5.32 Å². The summed E-state index contributed by atoms with van der Waals surface area (Å²) >= 11 is 0. The second-order valence-corrected chi connectivity index (χ2v) is 8.44. The number of anilines is 1. The van der Waals surface area contributed by atoms with Crippen LogP contribution in [0, 0.1) is 29.1 Å². The van der Waals surface area contributed by atoms with Crippen LogP contribution in [0.15, 0.2) is 24.3 Å². The lowest BCUT2D eigenvalue weighted by Gasteiger charge is -2.21. The van der Waals surface area contributed by atoms with Gasteiger partial charge in [-0.2, -0.15) is 0 Å². The van der Waals surface area contributed by atoms with Gasteiger partial charge in [-0.3, -0.25) is 19.3 Å². The van der Waals surface area contributed by atoms with Crippen LogP contribution >= 0.6 is 0 Å². The van der Waals surface area contributed by atoms with Gasteiger partial charge < -0.3 is 5.32 Å². The molecule has 4 atom stereocenters. The Balaban J connectivity index is 1.28. The number of aryl methyl sites for hydroxylation is 1. The highest BCUT2D eigenvalue weighted by Gasteiger charge is 2.74. The first-order chi connectivity index (χ1) is 12.5. The van der Waals surface area contributed by atoms with Crippen LogP contribution in [0.25, 0.3) is 0 Å². The van der Waals surface area contributed by atoms with Gasteiger partial charge in [0.2, 0.25) is 17.7 Å². The van der Waals surface area contributed by atoms with Crippen molar-refractivity contribution in [2.75, 3.05) is 11.9 Å². The lowest BCUT2D eigenvalue weighted by Crippen LogP contribution is -2.40. The van der Waals surface area contributed by atoms with Crippen LogP contribution in [0.4, 0.5) is 5.69 Å². The van der Waals surface area contributed by atoms with Crippen LogP contribution in [0.5, 0.6) is 0 Å². The molecule has 1 saturated heterocycles. The van der Waals surface area contributed by atoms with Crippen molar-refractivity contribution in [2.45, 2.75) is 39.0 Å². The molecule has 5 nitrogen and oxygen atoms in total. The molecule has 1 aromatic carbocycles. The van der Waals surface area contributed by atoms with Crippen molar-refractivity contribution >= 4 is 23.4 Å². The zero-order valence-electron chi connectivity index (χ0n) is 15.0. The number of imide groups is 1. The number of amides is 3. The van der Waals surface area contributed by atoms with Gasteiger partial charge in [0.05, 0.1) is 11.8 Å². The molecule has 3 saturated carbocycles. The minimum atomic E-state index is -0.301. The monoisotopic (exact) mass is 352 g/mol. The van der Waals surface area contributed by atoms with E-state index in [2.05, 4.69) is 12.2 Å². The van der Waals surface area contributed by atoms with E-state index in [-0.39, 0.29) is 36.1 Å². The van der Waals surface area contributed by atoms with Crippen molar-refractivity contribution < 1.29 is 14.4 Å². The third kappa shape index (κ3) is 2.06. The Morgan fingerprint density at radius 1 is 1.08 bits per heavy atom. The molecule has 4 aliphatic rings. The summed E-state index contributed by atoms with van der Waals surface area (Å²) in [5.74, 6) is -0.0534. The largest absolute Gasteiger partial charge is 0.325 e. The number of nitrogens with one attached hydrogen (secondary N) is 1. The molecular formula is C21H24N2O3. The molecule has 5 rings (SSSR count). The zero-order valence-corrected chi connectivity index (χ0v) is 15.0. The average Bonchev–Trinajstić information content (AvgIpc) is 3.25. The molecule has 3 amide bonds. The Kier molecular flexibility index (Phi) is 3.34. The van der Waals surface area contributed by atoms with E-state index in [4.69, 9.17) is 0 Å². The number of hydrogen-bond donors (Lipinski definition) is 1. The van der Waals surface area contributed by atoms with E-state index in [1.165, 1.54) is 23.3 Å². The molecule has 0 aromatic heterocycles. The Morgan fingerprint density at radius 3 is 2.15 bits per heavy atom. The smallest absolute Gasteiger partial charge is 0.244 e. The highest BCUT2D eigenvalue weighted by Crippen LogP contribution is 2.75. The van der Waals surface area contributed by atoms with Gasteiger partial charge in [-0.1, -0.05) is 19.1 Å². The van der Waals surface area contributed by atoms with Crippen LogP contribution in [-0.2, 0) is 20.8 Å². The third-order valence-corrected chi connectivity index (χ3v) is 7.40. The van der Waals surface area contributed by atoms with Gasteiger partial charge in [0, 0.05) is 5.69 Å². The van der Waals surface area contributed by atoms with Crippen LogP contribution in [0.1, 0.15) is 38.2 Å². The first-order valence-electron chi connectivity index (χ1n) is 9.79. The van der Waals surface area contributed by atoms with Gasteiger partial charge in [0.1, 0.15) is 6.54 Å². The Morgan fingerprint density at radius 2 is 1.65 bits per heavy atom. The number of fused-ring (bicyclic) bond motifs is 3. The fourth-order valence-corrected chi connectivity index (χ4v) is 6.11. The fourth-order valence-electron chi connectivity index (χ4n) is 6.11. The predicted molar refractivity (Wildman–Crippen MR) is 96.0 cm³/mol. The molecule has 1 heterocycles. The summed E-state index contributed by atoms with van der Waals surface area (Å²) in [5, 5.41) is 2.81. The van der Waals surface area contributed by atoms with Crippen LogP contribution in [0.2, 0.25) is 0 Å². The van der Waals surface area contributed by atoms with E-state index in [9.17, 15) is 14.4 Å². The second-order valence-electron chi connectivity index (χ2n) is 8.44. The third-order valence-electron chi connectivity index (χ3n) is 7.40. The Bertz CT molecular complexity index is 764. The standard InChI is InChI=1S/C21H24N2O3/c1-2-12-3-5-13(6-4-12)22-16(24)11-23-19(25)17-14-7-8-15(18(17)20(23)26)21(14)9-10-21/h3-6,14-15,17-18H,2,7-11H2,1H3,(H,22,24). The normalized spacial score (nSPS) is 33.0. The van der Waals surface area contributed by atoms with Crippen molar-refractivity contribution in [3.63, 3.8) is 0 Å². The summed E-state index contributed by atoms with van der Waals surface area (Å²) in [6.07, 6.45) is 5.47. The van der Waals surface area contributed by atoms with E-state index in [0.29, 0.717) is 22.9 Å². The molecular weight excluding hydrogens is 328 g/mol. The number of rotatable bonds is 4. The van der Waals surface area contributed by atoms with E-state index in [1.807, 2.05) is 24.3 Å². The maximum absolute atomic E-state index is 12.9. The van der Waals surface area contributed by atoms with Gasteiger partial charge in [0.15, 0.2) is 0 Å². The fraction of sp³-hybridized carbons (Fsp3) is 0.571. The molecule has 1 aromatic rings. The van der Waals surface area contributed by atoms with Crippen molar-refractivity contribution in [3.8, 4) is 0 Å². The SMILES string of the molecule is CCc1ccc(NC(=O)CN2C(=O)C3C(C2=O)C2CCC3C23CC3)cc1. The number of hydrogen-bond acceptors (Lipinski definition) is 3. The Hall–Kier alpha value is -2.17. The first-order valence-corrected chi connectivity index (χ1v) is 9.79. The summed E-state index contributed by atoms with van der Waals surface area (Å²) < 4.78 is 0. The molecule has 0 radical (unpaired) electrons. The van der Waals surface area contributed by atoms with Crippen molar-refractivity contribution in [2.24, 2.45) is 29.1 Å². The van der Waals surface area contributed by atoms with Gasteiger partial charge >= 0.3 is 0 Å². The predicted octanol–water partition coefficient (Wildman–Crippen LogP) is 2.61. The Labute approximate surface area is 153 Å². The number of carbonyl (C=O) groups excluding carboxylic acids is 3. The first kappa shape index (κ1) is 16.0. The molecule has 4 fully saturated rings. The van der Waals surface area contributed by atoms with E-state index >= 15 is 0 Å². The number of nitrogens with zero attached hydrogens (tertiary/aromatic N) is 1.